The molecule has 0 unspecified atom stereocenters. The van der Waals surface area contributed by atoms with Crippen LogP contribution in [0.25, 0.3) is 0 Å². The Morgan fingerprint density at radius 3 is 2.67 bits per heavy atom. The quantitative estimate of drug-likeness (QED) is 0.817. The van der Waals surface area contributed by atoms with E-state index in [0.29, 0.717) is 5.03 Å². The summed E-state index contributed by atoms with van der Waals surface area (Å²) in [5, 5.41) is 9.25. The summed E-state index contributed by atoms with van der Waals surface area (Å²) in [5.74, 6) is -0.855. The molecule has 1 aromatic carbocycles. The van der Waals surface area contributed by atoms with E-state index >= 15 is 0 Å². The van der Waals surface area contributed by atoms with E-state index in [-0.39, 0.29) is 12.0 Å². The Morgan fingerprint density at radius 1 is 1.33 bits per heavy atom. The molecule has 2 aromatic rings. The topological polar surface area (TPSA) is 83.0 Å². The summed E-state index contributed by atoms with van der Waals surface area (Å²) < 4.78 is 0. The van der Waals surface area contributed by atoms with E-state index in [9.17, 15) is 9.59 Å². The highest BCUT2D eigenvalue weighted by Gasteiger charge is 2.02. The van der Waals surface area contributed by atoms with Gasteiger partial charge in [0.15, 0.2) is 0 Å². The Bertz CT molecular complexity index is 607. The number of carbonyl (C=O) groups is 1. The van der Waals surface area contributed by atoms with E-state index in [4.69, 9.17) is 5.11 Å². The van der Waals surface area contributed by atoms with Crippen LogP contribution in [0.15, 0.2) is 51.4 Å². The zero-order valence-corrected chi connectivity index (χ0v) is 10.1. The Morgan fingerprint density at radius 2 is 2.06 bits per heavy atom. The molecule has 18 heavy (non-hydrogen) atoms. The predicted octanol–water partition coefficient (Wildman–Crippen LogP) is 1.55. The van der Waals surface area contributed by atoms with Crippen molar-refractivity contribution >= 4 is 17.7 Å². The van der Waals surface area contributed by atoms with Crippen molar-refractivity contribution in [1.82, 2.24) is 9.97 Å². The molecule has 1 heterocycles. The first-order valence-corrected chi connectivity index (χ1v) is 5.98. The lowest BCUT2D eigenvalue weighted by Crippen LogP contribution is -2.03. The maximum Gasteiger partial charge on any atom is 0.307 e. The highest BCUT2D eigenvalue weighted by atomic mass is 32.2. The third-order valence-corrected chi connectivity index (χ3v) is 3.09. The molecule has 2 N–H and O–H groups in total. The molecular formula is C12H10N2O3S. The summed E-state index contributed by atoms with van der Waals surface area (Å²) in [7, 11) is 0. The first kappa shape index (κ1) is 12.4. The van der Waals surface area contributed by atoms with Crippen molar-refractivity contribution < 1.29 is 9.90 Å². The van der Waals surface area contributed by atoms with Crippen LogP contribution in [0.2, 0.25) is 0 Å². The Hall–Kier alpha value is -2.08. The fourth-order valence-corrected chi connectivity index (χ4v) is 2.16. The van der Waals surface area contributed by atoms with Gasteiger partial charge in [-0.05, 0) is 17.7 Å². The minimum Gasteiger partial charge on any atom is -0.481 e. The Labute approximate surface area is 107 Å². The standard InChI is InChI=1S/C12H10N2O3S/c15-10-6-11(14-7-13-10)18-9-3-1-8(2-4-9)5-12(16)17/h1-4,6-7H,5H2,(H,16,17)(H,13,14,15). The fraction of sp³-hybridized carbons (Fsp3) is 0.0833. The van der Waals surface area contributed by atoms with Crippen molar-refractivity contribution in [2.24, 2.45) is 0 Å². The molecule has 0 radical (unpaired) electrons. The molecular weight excluding hydrogens is 252 g/mol. The molecule has 0 aliphatic carbocycles. The van der Waals surface area contributed by atoms with Crippen LogP contribution in [0.1, 0.15) is 5.56 Å². The van der Waals surface area contributed by atoms with Gasteiger partial charge in [-0.15, -0.1) is 0 Å². The van der Waals surface area contributed by atoms with Crippen molar-refractivity contribution in [2.75, 3.05) is 0 Å². The van der Waals surface area contributed by atoms with Gasteiger partial charge < -0.3 is 10.1 Å². The largest absolute Gasteiger partial charge is 0.481 e. The van der Waals surface area contributed by atoms with Gasteiger partial charge in [-0.2, -0.15) is 0 Å². The minimum absolute atomic E-state index is 0.00814. The van der Waals surface area contributed by atoms with Gasteiger partial charge in [0, 0.05) is 11.0 Å². The molecule has 0 bridgehead atoms. The second kappa shape index (κ2) is 5.50. The van der Waals surface area contributed by atoms with Crippen LogP contribution in [0.5, 0.6) is 0 Å². The average Bonchev–Trinajstić information content (AvgIpc) is 2.31. The number of nitrogens with one attached hydrogen (secondary N) is 1. The van der Waals surface area contributed by atoms with E-state index in [2.05, 4.69) is 9.97 Å². The molecule has 0 aliphatic rings. The smallest absolute Gasteiger partial charge is 0.307 e. The summed E-state index contributed by atoms with van der Waals surface area (Å²) in [6.07, 6.45) is 1.36. The molecule has 0 saturated heterocycles. The van der Waals surface area contributed by atoms with Crippen LogP contribution < -0.4 is 5.56 Å². The van der Waals surface area contributed by atoms with Gasteiger partial charge >= 0.3 is 5.97 Å². The number of aliphatic carboxylic acids is 1. The zero-order chi connectivity index (χ0) is 13.0. The van der Waals surface area contributed by atoms with Gasteiger partial charge in [-0.25, -0.2) is 4.98 Å². The van der Waals surface area contributed by atoms with Crippen molar-refractivity contribution in [3.8, 4) is 0 Å². The highest BCUT2D eigenvalue weighted by Crippen LogP contribution is 2.24. The lowest BCUT2D eigenvalue weighted by molar-refractivity contribution is -0.136. The molecule has 0 fully saturated rings. The number of H-pyrrole nitrogens is 1. The molecule has 5 nitrogen and oxygen atoms in total. The highest BCUT2D eigenvalue weighted by molar-refractivity contribution is 7.99. The molecule has 0 atom stereocenters. The van der Waals surface area contributed by atoms with Gasteiger partial charge in [0.1, 0.15) is 5.03 Å². The summed E-state index contributed by atoms with van der Waals surface area (Å²) in [4.78, 5) is 29.0. The van der Waals surface area contributed by atoms with Gasteiger partial charge in [0.2, 0.25) is 0 Å². The average molecular weight is 262 g/mol. The van der Waals surface area contributed by atoms with E-state index in [0.717, 1.165) is 10.5 Å². The monoisotopic (exact) mass is 262 g/mol. The predicted molar refractivity (Wildman–Crippen MR) is 66.8 cm³/mol. The lowest BCUT2D eigenvalue weighted by Gasteiger charge is -2.01. The minimum atomic E-state index is -0.855. The van der Waals surface area contributed by atoms with E-state index in [1.54, 1.807) is 12.1 Å². The van der Waals surface area contributed by atoms with Gasteiger partial charge in [0.25, 0.3) is 5.56 Å². The second-order valence-corrected chi connectivity index (χ2v) is 4.66. The summed E-state index contributed by atoms with van der Waals surface area (Å²) in [5.41, 5.74) is 0.542. The summed E-state index contributed by atoms with van der Waals surface area (Å²) in [6.45, 7) is 0. The lowest BCUT2D eigenvalue weighted by atomic mass is 10.2. The van der Waals surface area contributed by atoms with E-state index < -0.39 is 5.97 Å². The van der Waals surface area contributed by atoms with Gasteiger partial charge in [-0.1, -0.05) is 23.9 Å². The van der Waals surface area contributed by atoms with Crippen LogP contribution in [-0.2, 0) is 11.2 Å². The number of nitrogens with zero attached hydrogens (tertiary/aromatic N) is 1. The molecule has 92 valence electrons. The molecule has 2 rings (SSSR count). The normalized spacial score (nSPS) is 10.2. The summed E-state index contributed by atoms with van der Waals surface area (Å²) >= 11 is 1.35. The van der Waals surface area contributed by atoms with Crippen molar-refractivity contribution in [1.29, 1.82) is 0 Å². The summed E-state index contributed by atoms with van der Waals surface area (Å²) in [6, 6.07) is 8.54. The number of carboxylic acid groups (broad SMARTS) is 1. The maximum absolute atomic E-state index is 11.1. The zero-order valence-electron chi connectivity index (χ0n) is 9.29. The Balaban J connectivity index is 2.11. The molecule has 0 aliphatic heterocycles. The van der Waals surface area contributed by atoms with E-state index in [1.165, 1.54) is 24.2 Å². The van der Waals surface area contributed by atoms with Crippen LogP contribution in [0.4, 0.5) is 0 Å². The Kier molecular flexibility index (Phi) is 3.78. The number of hydrogen-bond donors (Lipinski definition) is 2. The van der Waals surface area contributed by atoms with Crippen LogP contribution >= 0.6 is 11.8 Å². The number of aromatic nitrogens is 2. The van der Waals surface area contributed by atoms with Crippen LogP contribution in [0, 0.1) is 0 Å². The number of hydrogen-bond acceptors (Lipinski definition) is 4. The third-order valence-electron chi connectivity index (χ3n) is 2.15. The van der Waals surface area contributed by atoms with Crippen LogP contribution in [0.3, 0.4) is 0 Å². The molecule has 0 saturated carbocycles. The van der Waals surface area contributed by atoms with Crippen molar-refractivity contribution in [3.63, 3.8) is 0 Å². The fourth-order valence-electron chi connectivity index (χ4n) is 1.38. The molecule has 1 aromatic heterocycles. The SMILES string of the molecule is O=C(O)Cc1ccc(Sc2cc(=O)[nH]cn2)cc1. The van der Waals surface area contributed by atoms with Crippen molar-refractivity contribution in [3.05, 3.63) is 52.6 Å². The molecule has 0 spiro atoms. The van der Waals surface area contributed by atoms with Crippen molar-refractivity contribution in [2.45, 2.75) is 16.3 Å². The third kappa shape index (κ3) is 3.46. The van der Waals surface area contributed by atoms with E-state index in [1.807, 2.05) is 12.1 Å². The number of benzene rings is 1. The number of carboxylic acids is 1. The first-order chi connectivity index (χ1) is 8.63. The number of rotatable bonds is 4. The first-order valence-electron chi connectivity index (χ1n) is 5.17. The molecule has 6 heteroatoms. The molecule has 0 amide bonds. The van der Waals surface area contributed by atoms with Gasteiger partial charge in [0.05, 0.1) is 12.7 Å². The van der Waals surface area contributed by atoms with Crippen LogP contribution in [-0.4, -0.2) is 21.0 Å². The second-order valence-electron chi connectivity index (χ2n) is 3.57. The maximum atomic E-state index is 11.1. The number of aromatic amines is 1. The van der Waals surface area contributed by atoms with Gasteiger partial charge in [-0.3, -0.25) is 9.59 Å².